The Morgan fingerprint density at radius 2 is 2.00 bits per heavy atom. The van der Waals surface area contributed by atoms with E-state index in [0.29, 0.717) is 24.5 Å². The van der Waals surface area contributed by atoms with Gasteiger partial charge in [-0.25, -0.2) is 4.68 Å². The van der Waals surface area contributed by atoms with E-state index in [1.54, 1.807) is 0 Å². The van der Waals surface area contributed by atoms with Crippen molar-refractivity contribution in [3.63, 3.8) is 0 Å². The average Bonchev–Trinajstić information content (AvgIpc) is 2.98. The second-order valence-electron chi connectivity index (χ2n) is 5.02. The monoisotopic (exact) mass is 317 g/mol. The lowest BCUT2D eigenvalue weighted by molar-refractivity contribution is -0.121. The first-order valence-corrected chi connectivity index (χ1v) is 7.07. The molecule has 8 heteroatoms. The fourth-order valence-corrected chi connectivity index (χ4v) is 2.22. The Kier molecular flexibility index (Phi) is 4.13. The van der Waals surface area contributed by atoms with Crippen LogP contribution < -0.4 is 25.9 Å². The predicted molar refractivity (Wildman–Crippen MR) is 80.6 cm³/mol. The number of amides is 1. The van der Waals surface area contributed by atoms with Crippen LogP contribution in [0.15, 0.2) is 39.9 Å². The van der Waals surface area contributed by atoms with Gasteiger partial charge in [0.25, 0.3) is 11.1 Å². The first-order valence-electron chi connectivity index (χ1n) is 7.07. The molecule has 0 saturated carbocycles. The summed E-state index contributed by atoms with van der Waals surface area (Å²) in [6, 6.07) is 7.84. The van der Waals surface area contributed by atoms with Crippen molar-refractivity contribution in [3.05, 3.63) is 56.6 Å². The standard InChI is InChI=1S/C15H15N3O5/c19-13-3-4-15(21)18(17-13)8-14(20)16-6-5-10-1-2-11-12(7-10)23-9-22-11/h1-4,7H,5-6,8-9H2,(H,16,20)(H,17,19). The van der Waals surface area contributed by atoms with Gasteiger partial charge in [-0.2, -0.15) is 0 Å². The maximum Gasteiger partial charge on any atom is 0.265 e. The van der Waals surface area contributed by atoms with Gasteiger partial charge in [0.05, 0.1) is 0 Å². The molecule has 0 atom stereocenters. The Labute approximate surface area is 130 Å². The van der Waals surface area contributed by atoms with Crippen LogP contribution in [0.1, 0.15) is 5.56 Å². The molecule has 1 aromatic heterocycles. The Morgan fingerprint density at radius 1 is 1.17 bits per heavy atom. The molecule has 1 aliphatic heterocycles. The number of hydrogen-bond acceptors (Lipinski definition) is 5. The Morgan fingerprint density at radius 3 is 2.87 bits per heavy atom. The summed E-state index contributed by atoms with van der Waals surface area (Å²) in [5.41, 5.74) is 0.133. The minimum absolute atomic E-state index is 0.222. The quantitative estimate of drug-likeness (QED) is 0.783. The minimum atomic E-state index is -0.435. The van der Waals surface area contributed by atoms with Gasteiger partial charge in [-0.15, -0.1) is 0 Å². The number of rotatable bonds is 5. The highest BCUT2D eigenvalue weighted by molar-refractivity contribution is 5.75. The summed E-state index contributed by atoms with van der Waals surface area (Å²) in [6.07, 6.45) is 0.614. The topological polar surface area (TPSA) is 102 Å². The summed E-state index contributed by atoms with van der Waals surface area (Å²) in [6.45, 7) is 0.403. The van der Waals surface area contributed by atoms with Crippen LogP contribution in [-0.2, 0) is 17.8 Å². The van der Waals surface area contributed by atoms with E-state index in [1.807, 2.05) is 18.2 Å². The molecule has 1 amide bonds. The number of H-pyrrole nitrogens is 1. The molecule has 0 unspecified atom stereocenters. The first-order chi connectivity index (χ1) is 11.1. The number of ether oxygens (including phenoxy) is 2. The molecule has 120 valence electrons. The molecule has 8 nitrogen and oxygen atoms in total. The van der Waals surface area contributed by atoms with Crippen molar-refractivity contribution >= 4 is 5.91 Å². The van der Waals surface area contributed by atoms with Gasteiger partial charge in [-0.1, -0.05) is 6.07 Å². The average molecular weight is 317 g/mol. The second kappa shape index (κ2) is 6.39. The molecule has 0 aliphatic carbocycles. The molecule has 0 spiro atoms. The zero-order valence-corrected chi connectivity index (χ0v) is 12.2. The van der Waals surface area contributed by atoms with Crippen LogP contribution in [0.3, 0.4) is 0 Å². The molecule has 0 saturated heterocycles. The SMILES string of the molecule is O=C(Cn1[nH]c(=O)ccc1=O)NCCc1ccc2c(c1)OCO2. The maximum atomic E-state index is 11.8. The minimum Gasteiger partial charge on any atom is -0.454 e. The number of aromatic nitrogens is 2. The largest absolute Gasteiger partial charge is 0.454 e. The number of nitrogens with one attached hydrogen (secondary N) is 2. The number of benzene rings is 1. The third kappa shape index (κ3) is 3.60. The van der Waals surface area contributed by atoms with Gasteiger partial charge < -0.3 is 14.8 Å². The fraction of sp³-hybridized carbons (Fsp3) is 0.267. The number of carbonyl (C=O) groups is 1. The third-order valence-corrected chi connectivity index (χ3v) is 3.36. The van der Waals surface area contributed by atoms with Crippen molar-refractivity contribution in [2.75, 3.05) is 13.3 Å². The molecule has 1 aliphatic rings. The zero-order valence-electron chi connectivity index (χ0n) is 12.2. The van der Waals surface area contributed by atoms with Crippen LogP contribution in [-0.4, -0.2) is 29.0 Å². The van der Waals surface area contributed by atoms with E-state index in [1.165, 1.54) is 0 Å². The Bertz CT molecular complexity index is 839. The highest BCUT2D eigenvalue weighted by Crippen LogP contribution is 2.32. The molecule has 0 fully saturated rings. The summed E-state index contributed by atoms with van der Waals surface area (Å²) >= 11 is 0. The molecule has 1 aromatic carbocycles. The Balaban J connectivity index is 1.52. The summed E-state index contributed by atoms with van der Waals surface area (Å²) in [5.74, 6) is 1.06. The molecule has 0 bridgehead atoms. The molecule has 3 rings (SSSR count). The summed E-state index contributed by atoms with van der Waals surface area (Å²) in [5, 5.41) is 5.00. The zero-order chi connectivity index (χ0) is 16.2. The number of aromatic amines is 1. The van der Waals surface area contributed by atoms with Crippen molar-refractivity contribution in [2.24, 2.45) is 0 Å². The van der Waals surface area contributed by atoms with Crippen molar-refractivity contribution in [2.45, 2.75) is 13.0 Å². The highest BCUT2D eigenvalue weighted by Gasteiger charge is 2.13. The second-order valence-corrected chi connectivity index (χ2v) is 5.02. The lowest BCUT2D eigenvalue weighted by Crippen LogP contribution is -2.36. The van der Waals surface area contributed by atoms with Crippen molar-refractivity contribution < 1.29 is 14.3 Å². The van der Waals surface area contributed by atoms with E-state index >= 15 is 0 Å². The van der Waals surface area contributed by atoms with Crippen LogP contribution in [0.25, 0.3) is 0 Å². The van der Waals surface area contributed by atoms with Gasteiger partial charge in [0.15, 0.2) is 11.5 Å². The van der Waals surface area contributed by atoms with Crippen LogP contribution in [0.5, 0.6) is 11.5 Å². The molecule has 2 N–H and O–H groups in total. The van der Waals surface area contributed by atoms with Crippen molar-refractivity contribution in [3.8, 4) is 11.5 Å². The van der Waals surface area contributed by atoms with E-state index in [0.717, 1.165) is 22.4 Å². The van der Waals surface area contributed by atoms with E-state index in [-0.39, 0.29) is 19.2 Å². The summed E-state index contributed by atoms with van der Waals surface area (Å²) in [4.78, 5) is 34.5. The van der Waals surface area contributed by atoms with E-state index in [9.17, 15) is 14.4 Å². The normalized spacial score (nSPS) is 12.2. The number of nitrogens with zero attached hydrogens (tertiary/aromatic N) is 1. The molecule has 2 heterocycles. The fourth-order valence-electron chi connectivity index (χ4n) is 2.22. The lowest BCUT2D eigenvalue weighted by atomic mass is 10.1. The molecule has 2 aromatic rings. The smallest absolute Gasteiger partial charge is 0.265 e. The van der Waals surface area contributed by atoms with Gasteiger partial charge in [-0.05, 0) is 24.1 Å². The molecule has 23 heavy (non-hydrogen) atoms. The predicted octanol–water partition coefficient (Wildman–Crippen LogP) is -0.376. The lowest BCUT2D eigenvalue weighted by Gasteiger charge is -2.07. The van der Waals surface area contributed by atoms with E-state index < -0.39 is 11.1 Å². The third-order valence-electron chi connectivity index (χ3n) is 3.36. The van der Waals surface area contributed by atoms with Crippen molar-refractivity contribution in [1.29, 1.82) is 0 Å². The van der Waals surface area contributed by atoms with E-state index in [2.05, 4.69) is 10.4 Å². The van der Waals surface area contributed by atoms with Gasteiger partial charge in [0.1, 0.15) is 6.54 Å². The summed E-state index contributed by atoms with van der Waals surface area (Å²) < 4.78 is 11.5. The van der Waals surface area contributed by atoms with Crippen LogP contribution in [0, 0.1) is 0 Å². The maximum absolute atomic E-state index is 11.8. The van der Waals surface area contributed by atoms with Gasteiger partial charge >= 0.3 is 0 Å². The number of carbonyl (C=O) groups excluding carboxylic acids is 1. The van der Waals surface area contributed by atoms with Gasteiger partial charge in [-0.3, -0.25) is 19.5 Å². The van der Waals surface area contributed by atoms with Crippen LogP contribution in [0.4, 0.5) is 0 Å². The molecule has 0 radical (unpaired) electrons. The Hall–Kier alpha value is -3.03. The first kappa shape index (κ1) is 14.9. The summed E-state index contributed by atoms with van der Waals surface area (Å²) in [7, 11) is 0. The van der Waals surface area contributed by atoms with Gasteiger partial charge in [0.2, 0.25) is 12.7 Å². The molecular weight excluding hydrogens is 302 g/mol. The van der Waals surface area contributed by atoms with Crippen LogP contribution in [0.2, 0.25) is 0 Å². The van der Waals surface area contributed by atoms with Crippen LogP contribution >= 0.6 is 0 Å². The van der Waals surface area contributed by atoms with Crippen molar-refractivity contribution in [1.82, 2.24) is 15.1 Å². The number of hydrogen-bond donors (Lipinski definition) is 2. The number of fused-ring (bicyclic) bond motifs is 1. The van der Waals surface area contributed by atoms with Gasteiger partial charge in [0, 0.05) is 18.7 Å². The van der Waals surface area contributed by atoms with E-state index in [4.69, 9.17) is 9.47 Å². The molecular formula is C15H15N3O5. The highest BCUT2D eigenvalue weighted by atomic mass is 16.7.